The zero-order valence-electron chi connectivity index (χ0n) is 17.5. The zero-order valence-corrected chi connectivity index (χ0v) is 17.5. The summed E-state index contributed by atoms with van der Waals surface area (Å²) in [6.07, 6.45) is 2.51. The monoisotopic (exact) mass is 393 g/mol. The van der Waals surface area contributed by atoms with Crippen LogP contribution in [0.25, 0.3) is 17.2 Å². The van der Waals surface area contributed by atoms with Gasteiger partial charge in [0.15, 0.2) is 5.82 Å². The van der Waals surface area contributed by atoms with E-state index in [0.717, 1.165) is 54.2 Å². The first-order chi connectivity index (χ1) is 14.0. The van der Waals surface area contributed by atoms with Gasteiger partial charge in [0.25, 0.3) is 5.78 Å². The number of fused-ring (bicyclic) bond motifs is 1. The van der Waals surface area contributed by atoms with Gasteiger partial charge in [-0.25, -0.2) is 9.50 Å². The summed E-state index contributed by atoms with van der Waals surface area (Å²) in [7, 11) is 1.64. The molecule has 3 aromatic rings. The van der Waals surface area contributed by atoms with Crippen LogP contribution in [-0.2, 0) is 11.2 Å². The number of aryl methyl sites for hydroxylation is 2. The highest BCUT2D eigenvalue weighted by molar-refractivity contribution is 5.79. The Balaban J connectivity index is 1.62. The van der Waals surface area contributed by atoms with Gasteiger partial charge in [-0.2, -0.15) is 4.98 Å². The lowest BCUT2D eigenvalue weighted by Gasteiger charge is -2.30. The number of amides is 1. The number of ether oxygens (including phenoxy) is 1. The Labute approximate surface area is 170 Å². The van der Waals surface area contributed by atoms with Gasteiger partial charge in [0.1, 0.15) is 5.75 Å². The van der Waals surface area contributed by atoms with Gasteiger partial charge < -0.3 is 9.64 Å². The van der Waals surface area contributed by atoms with E-state index in [4.69, 9.17) is 4.74 Å². The topological polar surface area (TPSA) is 72.6 Å². The Morgan fingerprint density at radius 1 is 1.14 bits per heavy atom. The largest absolute Gasteiger partial charge is 0.497 e. The average molecular weight is 393 g/mol. The van der Waals surface area contributed by atoms with E-state index in [1.54, 1.807) is 11.6 Å². The first-order valence-electron chi connectivity index (χ1n) is 10.1. The molecule has 4 rings (SSSR count). The number of hydrogen-bond acceptors (Lipinski definition) is 5. The number of carbonyl (C=O) groups is 1. The van der Waals surface area contributed by atoms with Crippen molar-refractivity contribution in [3.05, 3.63) is 41.2 Å². The van der Waals surface area contributed by atoms with Gasteiger partial charge in [-0.15, -0.1) is 5.10 Å². The molecule has 1 amide bonds. The number of carbonyl (C=O) groups excluding carboxylic acids is 1. The molecule has 152 valence electrons. The van der Waals surface area contributed by atoms with E-state index in [1.807, 2.05) is 43.0 Å². The maximum absolute atomic E-state index is 12.8. The van der Waals surface area contributed by atoms with Gasteiger partial charge >= 0.3 is 0 Å². The minimum Gasteiger partial charge on any atom is -0.497 e. The summed E-state index contributed by atoms with van der Waals surface area (Å²) in [6, 6.07) is 7.63. The molecule has 0 radical (unpaired) electrons. The highest BCUT2D eigenvalue weighted by Gasteiger charge is 2.23. The number of rotatable bonds is 4. The molecule has 0 N–H and O–H groups in total. The van der Waals surface area contributed by atoms with Gasteiger partial charge in [0.2, 0.25) is 5.91 Å². The number of aromatic nitrogens is 4. The van der Waals surface area contributed by atoms with Crippen molar-refractivity contribution in [2.45, 2.75) is 40.0 Å². The van der Waals surface area contributed by atoms with Crippen molar-refractivity contribution in [2.75, 3.05) is 20.2 Å². The second-order valence-corrected chi connectivity index (χ2v) is 7.88. The molecule has 7 nitrogen and oxygen atoms in total. The van der Waals surface area contributed by atoms with Gasteiger partial charge in [0, 0.05) is 35.6 Å². The molecule has 29 heavy (non-hydrogen) atoms. The summed E-state index contributed by atoms with van der Waals surface area (Å²) in [5.74, 6) is 2.81. The Kier molecular flexibility index (Phi) is 5.22. The molecule has 0 unspecified atom stereocenters. The van der Waals surface area contributed by atoms with E-state index in [-0.39, 0.29) is 5.91 Å². The molecule has 3 heterocycles. The van der Waals surface area contributed by atoms with Crippen molar-refractivity contribution in [3.8, 4) is 17.1 Å². The molecule has 0 spiro atoms. The van der Waals surface area contributed by atoms with Gasteiger partial charge in [-0.05, 0) is 56.9 Å². The highest BCUT2D eigenvalue weighted by Crippen LogP contribution is 2.23. The quantitative estimate of drug-likeness (QED) is 0.681. The fraction of sp³-hybridized carbons (Fsp3) is 0.455. The maximum Gasteiger partial charge on any atom is 0.253 e. The van der Waals surface area contributed by atoms with Crippen molar-refractivity contribution in [1.29, 1.82) is 0 Å². The van der Waals surface area contributed by atoms with Crippen LogP contribution in [0.2, 0.25) is 0 Å². The third-order valence-electron chi connectivity index (χ3n) is 5.86. The summed E-state index contributed by atoms with van der Waals surface area (Å²) in [5, 5.41) is 4.65. The van der Waals surface area contributed by atoms with E-state index in [0.29, 0.717) is 23.9 Å². The summed E-state index contributed by atoms with van der Waals surface area (Å²) in [6.45, 7) is 7.86. The first-order valence-corrected chi connectivity index (χ1v) is 10.1. The third-order valence-corrected chi connectivity index (χ3v) is 5.86. The lowest BCUT2D eigenvalue weighted by molar-refractivity contribution is -0.131. The number of hydrogen-bond donors (Lipinski definition) is 0. The molecule has 1 aromatic carbocycles. The van der Waals surface area contributed by atoms with E-state index in [2.05, 4.69) is 22.0 Å². The Hall–Kier alpha value is -2.96. The maximum atomic E-state index is 12.8. The molecular weight excluding hydrogens is 366 g/mol. The number of piperidine rings is 1. The number of likely N-dealkylation sites (tertiary alicyclic amines) is 1. The van der Waals surface area contributed by atoms with Crippen molar-refractivity contribution in [1.82, 2.24) is 24.5 Å². The molecule has 1 aliphatic heterocycles. The molecule has 0 atom stereocenters. The molecule has 2 aromatic heterocycles. The number of methoxy groups -OCH3 is 1. The third kappa shape index (κ3) is 3.81. The molecule has 1 aliphatic rings. The molecule has 1 fully saturated rings. The Morgan fingerprint density at radius 2 is 1.83 bits per heavy atom. The number of benzene rings is 1. The summed E-state index contributed by atoms with van der Waals surface area (Å²) >= 11 is 0. The molecule has 1 saturated heterocycles. The van der Waals surface area contributed by atoms with Crippen LogP contribution >= 0.6 is 0 Å². The Bertz CT molecular complexity index is 1030. The fourth-order valence-corrected chi connectivity index (χ4v) is 3.85. The van der Waals surface area contributed by atoms with Crippen molar-refractivity contribution >= 4 is 11.7 Å². The summed E-state index contributed by atoms with van der Waals surface area (Å²) in [5.41, 5.74) is 3.58. The molecule has 0 aliphatic carbocycles. The Morgan fingerprint density at radius 3 is 2.48 bits per heavy atom. The van der Waals surface area contributed by atoms with E-state index >= 15 is 0 Å². The predicted molar refractivity (Wildman–Crippen MR) is 111 cm³/mol. The van der Waals surface area contributed by atoms with Crippen molar-refractivity contribution in [2.24, 2.45) is 5.92 Å². The smallest absolute Gasteiger partial charge is 0.253 e. The van der Waals surface area contributed by atoms with E-state index in [1.165, 1.54) is 0 Å². The van der Waals surface area contributed by atoms with Crippen LogP contribution in [0.15, 0.2) is 24.3 Å². The lowest BCUT2D eigenvalue weighted by atomic mass is 9.98. The van der Waals surface area contributed by atoms with Crippen LogP contribution in [0.1, 0.15) is 36.7 Å². The standard InChI is InChI=1S/C22H27N5O2/c1-14-9-11-26(12-10-14)20(28)13-19-15(2)23-22-24-21(25-27(22)16(19)3)17-5-7-18(29-4)8-6-17/h5-8,14H,9-13H2,1-4H3. The van der Waals surface area contributed by atoms with Crippen molar-refractivity contribution in [3.63, 3.8) is 0 Å². The van der Waals surface area contributed by atoms with Crippen LogP contribution in [0.4, 0.5) is 0 Å². The molecule has 7 heteroatoms. The molecular formula is C22H27N5O2. The number of nitrogens with zero attached hydrogens (tertiary/aromatic N) is 5. The van der Waals surface area contributed by atoms with E-state index in [9.17, 15) is 4.79 Å². The summed E-state index contributed by atoms with van der Waals surface area (Å²) in [4.78, 5) is 24.0. The second-order valence-electron chi connectivity index (χ2n) is 7.88. The van der Waals surface area contributed by atoms with Crippen LogP contribution in [-0.4, -0.2) is 50.6 Å². The van der Waals surface area contributed by atoms with Crippen LogP contribution in [0, 0.1) is 19.8 Å². The van der Waals surface area contributed by atoms with Crippen molar-refractivity contribution < 1.29 is 9.53 Å². The minimum absolute atomic E-state index is 0.166. The zero-order chi connectivity index (χ0) is 20.5. The van der Waals surface area contributed by atoms with Gasteiger partial charge in [0.05, 0.1) is 13.5 Å². The van der Waals surface area contributed by atoms with Crippen LogP contribution in [0.3, 0.4) is 0 Å². The van der Waals surface area contributed by atoms with E-state index < -0.39 is 0 Å². The minimum atomic E-state index is 0.166. The predicted octanol–water partition coefficient (Wildman–Crippen LogP) is 3.22. The van der Waals surface area contributed by atoms with Gasteiger partial charge in [-0.1, -0.05) is 6.92 Å². The normalized spacial score (nSPS) is 15.1. The average Bonchev–Trinajstić information content (AvgIpc) is 3.15. The van der Waals surface area contributed by atoms with Crippen LogP contribution in [0.5, 0.6) is 5.75 Å². The fourth-order valence-electron chi connectivity index (χ4n) is 3.85. The van der Waals surface area contributed by atoms with Gasteiger partial charge in [-0.3, -0.25) is 4.79 Å². The summed E-state index contributed by atoms with van der Waals surface area (Å²) < 4.78 is 6.96. The van der Waals surface area contributed by atoms with Crippen LogP contribution < -0.4 is 4.74 Å². The second kappa shape index (κ2) is 7.81. The first kappa shape index (κ1) is 19.4. The highest BCUT2D eigenvalue weighted by atomic mass is 16.5. The SMILES string of the molecule is COc1ccc(-c2nc3nc(C)c(CC(=O)N4CCC(C)CC4)c(C)n3n2)cc1. The molecule has 0 bridgehead atoms. The molecule has 0 saturated carbocycles. The lowest BCUT2D eigenvalue weighted by Crippen LogP contribution is -2.39.